The zero-order valence-corrected chi connectivity index (χ0v) is 14.3. The van der Waals surface area contributed by atoms with Crippen LogP contribution < -0.4 is 19.5 Å². The minimum atomic E-state index is -0.210. The number of hydrogen-bond acceptors (Lipinski definition) is 4. The third-order valence-electron chi connectivity index (χ3n) is 3.52. The number of benzene rings is 2. The maximum Gasteiger partial charge on any atom is 0.248 e. The molecule has 0 spiro atoms. The monoisotopic (exact) mass is 327 g/mol. The first-order valence-corrected chi connectivity index (χ1v) is 7.43. The van der Waals surface area contributed by atoms with Crippen molar-refractivity contribution in [3.63, 3.8) is 0 Å². The van der Waals surface area contributed by atoms with E-state index in [1.54, 1.807) is 39.5 Å². The molecule has 2 aromatic rings. The summed E-state index contributed by atoms with van der Waals surface area (Å²) in [6.07, 6.45) is 3.16. The minimum Gasteiger partial charge on any atom is -0.493 e. The number of amides is 1. The van der Waals surface area contributed by atoms with Gasteiger partial charge in [0.15, 0.2) is 11.5 Å². The molecule has 0 unspecified atom stereocenters. The molecule has 126 valence electrons. The van der Waals surface area contributed by atoms with Crippen LogP contribution in [0.2, 0.25) is 0 Å². The number of anilines is 1. The van der Waals surface area contributed by atoms with E-state index in [1.807, 2.05) is 31.2 Å². The Hall–Kier alpha value is -2.95. The van der Waals surface area contributed by atoms with E-state index in [0.29, 0.717) is 17.2 Å². The molecule has 5 heteroatoms. The Morgan fingerprint density at radius 1 is 1.00 bits per heavy atom. The number of aryl methyl sites for hydroxylation is 1. The number of hydrogen-bond donors (Lipinski definition) is 1. The molecule has 0 saturated heterocycles. The minimum absolute atomic E-state index is 0.210. The Bertz CT molecular complexity index is 728. The molecular formula is C19H21NO4. The molecule has 0 fully saturated rings. The van der Waals surface area contributed by atoms with Crippen molar-refractivity contribution in [3.05, 3.63) is 53.6 Å². The molecule has 0 radical (unpaired) electrons. The van der Waals surface area contributed by atoms with E-state index in [0.717, 1.165) is 16.8 Å². The van der Waals surface area contributed by atoms with E-state index >= 15 is 0 Å². The van der Waals surface area contributed by atoms with Gasteiger partial charge in [0.2, 0.25) is 11.7 Å². The van der Waals surface area contributed by atoms with Crippen molar-refractivity contribution in [2.75, 3.05) is 26.6 Å². The second-order valence-corrected chi connectivity index (χ2v) is 5.10. The second kappa shape index (κ2) is 8.06. The van der Waals surface area contributed by atoms with Crippen LogP contribution in [0.5, 0.6) is 17.2 Å². The van der Waals surface area contributed by atoms with Crippen LogP contribution in [-0.4, -0.2) is 27.2 Å². The number of nitrogens with one attached hydrogen (secondary N) is 1. The van der Waals surface area contributed by atoms with E-state index < -0.39 is 0 Å². The summed E-state index contributed by atoms with van der Waals surface area (Å²) in [7, 11) is 4.65. The van der Waals surface area contributed by atoms with Gasteiger partial charge in [0.05, 0.1) is 21.3 Å². The van der Waals surface area contributed by atoms with Crippen LogP contribution in [0.25, 0.3) is 6.08 Å². The van der Waals surface area contributed by atoms with E-state index in [4.69, 9.17) is 14.2 Å². The highest BCUT2D eigenvalue weighted by Crippen LogP contribution is 2.38. The molecule has 0 aliphatic carbocycles. The van der Waals surface area contributed by atoms with Crippen molar-refractivity contribution in [2.24, 2.45) is 0 Å². The summed E-state index contributed by atoms with van der Waals surface area (Å²) in [6, 6.07) is 11.2. The molecule has 0 saturated carbocycles. The lowest BCUT2D eigenvalue weighted by Gasteiger charge is -2.12. The highest BCUT2D eigenvalue weighted by atomic mass is 16.5. The summed E-state index contributed by atoms with van der Waals surface area (Å²) >= 11 is 0. The van der Waals surface area contributed by atoms with Gasteiger partial charge in [-0.3, -0.25) is 4.79 Å². The molecule has 1 amide bonds. The van der Waals surface area contributed by atoms with Crippen molar-refractivity contribution in [3.8, 4) is 17.2 Å². The topological polar surface area (TPSA) is 56.8 Å². The van der Waals surface area contributed by atoms with Gasteiger partial charge in [0.25, 0.3) is 0 Å². The first-order valence-electron chi connectivity index (χ1n) is 7.43. The largest absolute Gasteiger partial charge is 0.493 e. The number of para-hydroxylation sites is 1. The summed E-state index contributed by atoms with van der Waals surface area (Å²) in [5.74, 6) is 1.38. The van der Waals surface area contributed by atoms with Gasteiger partial charge in [-0.2, -0.15) is 0 Å². The van der Waals surface area contributed by atoms with E-state index in [1.165, 1.54) is 6.08 Å². The van der Waals surface area contributed by atoms with Crippen molar-refractivity contribution < 1.29 is 19.0 Å². The van der Waals surface area contributed by atoms with E-state index in [2.05, 4.69) is 5.32 Å². The first-order chi connectivity index (χ1) is 11.6. The van der Waals surface area contributed by atoms with Crippen molar-refractivity contribution in [1.82, 2.24) is 0 Å². The third kappa shape index (κ3) is 4.07. The van der Waals surface area contributed by atoms with Gasteiger partial charge in [-0.25, -0.2) is 0 Å². The van der Waals surface area contributed by atoms with Crippen LogP contribution in [0, 0.1) is 6.92 Å². The Labute approximate surface area is 141 Å². The lowest BCUT2D eigenvalue weighted by molar-refractivity contribution is -0.111. The standard InChI is InChI=1S/C19H21NO4/c1-13-7-5-6-8-15(13)20-18(21)10-9-14-11-16(22-2)19(24-4)17(12-14)23-3/h5-12H,1-4H3,(H,20,21)/b10-9+. The molecule has 0 bridgehead atoms. The van der Waals surface area contributed by atoms with Crippen molar-refractivity contribution >= 4 is 17.7 Å². The van der Waals surface area contributed by atoms with Gasteiger partial charge >= 0.3 is 0 Å². The van der Waals surface area contributed by atoms with Gasteiger partial charge in [0.1, 0.15) is 0 Å². The molecular weight excluding hydrogens is 306 g/mol. The molecule has 5 nitrogen and oxygen atoms in total. The summed E-state index contributed by atoms with van der Waals surface area (Å²) < 4.78 is 15.9. The van der Waals surface area contributed by atoms with Gasteiger partial charge in [0, 0.05) is 11.8 Å². The van der Waals surface area contributed by atoms with Crippen LogP contribution >= 0.6 is 0 Å². The lowest BCUT2D eigenvalue weighted by atomic mass is 10.1. The summed E-state index contributed by atoms with van der Waals surface area (Å²) in [5, 5.41) is 2.85. The number of ether oxygens (including phenoxy) is 3. The number of carbonyl (C=O) groups is 1. The summed E-state index contributed by atoms with van der Waals surface area (Å²) in [5.41, 5.74) is 2.56. The average Bonchev–Trinajstić information content (AvgIpc) is 2.60. The van der Waals surface area contributed by atoms with Gasteiger partial charge in [-0.1, -0.05) is 18.2 Å². The maximum absolute atomic E-state index is 12.1. The highest BCUT2D eigenvalue weighted by molar-refractivity contribution is 6.02. The molecule has 1 N–H and O–H groups in total. The van der Waals surface area contributed by atoms with E-state index in [-0.39, 0.29) is 5.91 Å². The zero-order valence-electron chi connectivity index (χ0n) is 14.3. The quantitative estimate of drug-likeness (QED) is 0.823. The Kier molecular flexibility index (Phi) is 5.84. The molecule has 24 heavy (non-hydrogen) atoms. The zero-order chi connectivity index (χ0) is 17.5. The number of methoxy groups -OCH3 is 3. The highest BCUT2D eigenvalue weighted by Gasteiger charge is 2.12. The van der Waals surface area contributed by atoms with Crippen LogP contribution in [0.4, 0.5) is 5.69 Å². The fourth-order valence-corrected chi connectivity index (χ4v) is 2.26. The fourth-order valence-electron chi connectivity index (χ4n) is 2.26. The number of carbonyl (C=O) groups excluding carboxylic acids is 1. The predicted octanol–water partition coefficient (Wildman–Crippen LogP) is 3.67. The Balaban J connectivity index is 2.19. The predicted molar refractivity (Wildman–Crippen MR) is 94.9 cm³/mol. The van der Waals surface area contributed by atoms with Gasteiger partial charge in [-0.15, -0.1) is 0 Å². The Morgan fingerprint density at radius 2 is 1.62 bits per heavy atom. The SMILES string of the molecule is COc1cc(/C=C/C(=O)Nc2ccccc2C)cc(OC)c1OC. The maximum atomic E-state index is 12.1. The number of rotatable bonds is 6. The Morgan fingerprint density at radius 3 is 2.17 bits per heavy atom. The molecule has 2 rings (SSSR count). The van der Waals surface area contributed by atoms with Crippen LogP contribution in [0.1, 0.15) is 11.1 Å². The smallest absolute Gasteiger partial charge is 0.248 e. The normalized spacial score (nSPS) is 10.5. The van der Waals surface area contributed by atoms with Crippen molar-refractivity contribution in [1.29, 1.82) is 0 Å². The molecule has 0 heterocycles. The average molecular weight is 327 g/mol. The first kappa shape index (κ1) is 17.4. The molecule has 0 atom stereocenters. The van der Waals surface area contributed by atoms with Crippen LogP contribution in [-0.2, 0) is 4.79 Å². The van der Waals surface area contributed by atoms with Gasteiger partial charge < -0.3 is 19.5 Å². The van der Waals surface area contributed by atoms with E-state index in [9.17, 15) is 4.79 Å². The van der Waals surface area contributed by atoms with Crippen LogP contribution in [0.15, 0.2) is 42.5 Å². The molecule has 0 aliphatic heterocycles. The van der Waals surface area contributed by atoms with Crippen LogP contribution in [0.3, 0.4) is 0 Å². The molecule has 0 aromatic heterocycles. The molecule has 0 aliphatic rings. The lowest BCUT2D eigenvalue weighted by Crippen LogP contribution is -2.08. The summed E-state index contributed by atoms with van der Waals surface area (Å²) in [4.78, 5) is 12.1. The second-order valence-electron chi connectivity index (χ2n) is 5.10. The van der Waals surface area contributed by atoms with Crippen molar-refractivity contribution in [2.45, 2.75) is 6.92 Å². The molecule has 2 aromatic carbocycles. The summed E-state index contributed by atoms with van der Waals surface area (Å²) in [6.45, 7) is 1.94. The van der Waals surface area contributed by atoms with Gasteiger partial charge in [-0.05, 0) is 42.3 Å². The fraction of sp³-hybridized carbons (Fsp3) is 0.211. The third-order valence-corrected chi connectivity index (χ3v) is 3.52.